The van der Waals surface area contributed by atoms with Crippen molar-refractivity contribution in [2.75, 3.05) is 13.1 Å². The molecule has 1 atom stereocenters. The lowest BCUT2D eigenvalue weighted by atomic mass is 10.2. The lowest BCUT2D eigenvalue weighted by Gasteiger charge is -2.14. The van der Waals surface area contributed by atoms with Crippen LogP contribution in [0.5, 0.6) is 0 Å². The maximum Gasteiger partial charge on any atom is 0.314 e. The Morgan fingerprint density at radius 3 is 3.00 bits per heavy atom. The number of urea groups is 1. The van der Waals surface area contributed by atoms with Crippen LogP contribution >= 0.6 is 0 Å². The molecule has 2 heterocycles. The summed E-state index contributed by atoms with van der Waals surface area (Å²) in [4.78, 5) is 24.1. The molecule has 0 saturated carbocycles. The maximum atomic E-state index is 11.6. The predicted octanol–water partition coefficient (Wildman–Crippen LogP) is 0.0913. The monoisotopic (exact) mass is 237 g/mol. The summed E-state index contributed by atoms with van der Waals surface area (Å²) in [5.74, 6) is 0.531. The highest BCUT2D eigenvalue weighted by Gasteiger charge is 2.25. The van der Waals surface area contributed by atoms with Crippen molar-refractivity contribution in [3.8, 4) is 0 Å². The molecule has 0 radical (unpaired) electrons. The first-order valence-electron chi connectivity index (χ1n) is 5.51. The van der Waals surface area contributed by atoms with Crippen LogP contribution in [0.4, 0.5) is 4.79 Å². The van der Waals surface area contributed by atoms with Crippen LogP contribution in [0.2, 0.25) is 0 Å². The van der Waals surface area contributed by atoms with E-state index in [1.54, 1.807) is 12.1 Å². The first-order valence-corrected chi connectivity index (χ1v) is 5.51. The number of carbonyl (C=O) groups excluding carboxylic acids is 2. The van der Waals surface area contributed by atoms with E-state index in [-0.39, 0.29) is 18.4 Å². The normalized spacial score (nSPS) is 19.3. The number of likely N-dealkylation sites (tertiary alicyclic amines) is 1. The van der Waals surface area contributed by atoms with Gasteiger partial charge in [0.1, 0.15) is 5.76 Å². The molecule has 2 rings (SSSR count). The van der Waals surface area contributed by atoms with Crippen LogP contribution in [0.25, 0.3) is 0 Å². The summed E-state index contributed by atoms with van der Waals surface area (Å²) in [6, 6.07) is 3.05. The van der Waals surface area contributed by atoms with E-state index in [2.05, 4.69) is 5.32 Å². The van der Waals surface area contributed by atoms with E-state index in [1.165, 1.54) is 11.2 Å². The van der Waals surface area contributed by atoms with Gasteiger partial charge in [-0.15, -0.1) is 0 Å². The Kier molecular flexibility index (Phi) is 3.32. The van der Waals surface area contributed by atoms with Gasteiger partial charge >= 0.3 is 6.03 Å². The molecule has 1 aliphatic rings. The quantitative estimate of drug-likeness (QED) is 0.781. The Morgan fingerprint density at radius 2 is 2.41 bits per heavy atom. The van der Waals surface area contributed by atoms with Gasteiger partial charge in [-0.05, 0) is 18.6 Å². The second-order valence-electron chi connectivity index (χ2n) is 4.09. The van der Waals surface area contributed by atoms with Crippen LogP contribution in [0.1, 0.15) is 12.2 Å². The summed E-state index contributed by atoms with van der Waals surface area (Å²) >= 11 is 0. The topological polar surface area (TPSA) is 88.6 Å². The standard InChI is InChI=1S/C11H15N3O3/c12-11(16)14-4-3-8(7-14)13-10(15)6-9-2-1-5-17-9/h1-2,5,8H,3-4,6-7H2,(H2,12,16)(H,13,15). The molecule has 1 aromatic heterocycles. The van der Waals surface area contributed by atoms with E-state index < -0.39 is 6.03 Å². The molecule has 0 aliphatic carbocycles. The highest BCUT2D eigenvalue weighted by molar-refractivity contribution is 5.78. The summed E-state index contributed by atoms with van der Waals surface area (Å²) in [7, 11) is 0. The number of rotatable bonds is 3. The minimum Gasteiger partial charge on any atom is -0.469 e. The number of carbonyl (C=O) groups is 2. The zero-order valence-corrected chi connectivity index (χ0v) is 9.39. The van der Waals surface area contributed by atoms with E-state index in [1.807, 2.05) is 0 Å². The van der Waals surface area contributed by atoms with Crippen LogP contribution in [-0.2, 0) is 11.2 Å². The fourth-order valence-corrected chi connectivity index (χ4v) is 1.93. The zero-order valence-electron chi connectivity index (χ0n) is 9.39. The molecule has 0 spiro atoms. The van der Waals surface area contributed by atoms with E-state index in [9.17, 15) is 9.59 Å². The van der Waals surface area contributed by atoms with Crippen LogP contribution in [-0.4, -0.2) is 36.0 Å². The van der Waals surface area contributed by atoms with Gasteiger partial charge in [0.25, 0.3) is 0 Å². The van der Waals surface area contributed by atoms with Crippen molar-refractivity contribution in [1.82, 2.24) is 10.2 Å². The van der Waals surface area contributed by atoms with Gasteiger partial charge in [-0.3, -0.25) is 4.79 Å². The third kappa shape index (κ3) is 2.99. The van der Waals surface area contributed by atoms with Gasteiger partial charge in [-0.2, -0.15) is 0 Å². The smallest absolute Gasteiger partial charge is 0.314 e. The maximum absolute atomic E-state index is 11.6. The van der Waals surface area contributed by atoms with Gasteiger partial charge in [0, 0.05) is 19.1 Å². The number of nitrogens with two attached hydrogens (primary N) is 1. The largest absolute Gasteiger partial charge is 0.469 e. The van der Waals surface area contributed by atoms with Crippen molar-refractivity contribution in [3.63, 3.8) is 0 Å². The second-order valence-corrected chi connectivity index (χ2v) is 4.09. The molecule has 17 heavy (non-hydrogen) atoms. The predicted molar refractivity (Wildman–Crippen MR) is 60.1 cm³/mol. The Balaban J connectivity index is 1.78. The van der Waals surface area contributed by atoms with Crippen molar-refractivity contribution in [1.29, 1.82) is 0 Å². The van der Waals surface area contributed by atoms with Crippen LogP contribution in [0, 0.1) is 0 Å². The molecule has 6 heteroatoms. The highest BCUT2D eigenvalue weighted by Crippen LogP contribution is 2.09. The third-order valence-electron chi connectivity index (χ3n) is 2.78. The van der Waals surface area contributed by atoms with Gasteiger partial charge in [0.2, 0.25) is 5.91 Å². The highest BCUT2D eigenvalue weighted by atomic mass is 16.3. The van der Waals surface area contributed by atoms with E-state index in [0.29, 0.717) is 18.8 Å². The number of amides is 3. The minimum absolute atomic E-state index is 0.00929. The van der Waals surface area contributed by atoms with Gasteiger partial charge < -0.3 is 20.4 Å². The fraction of sp³-hybridized carbons (Fsp3) is 0.455. The number of hydrogen-bond acceptors (Lipinski definition) is 3. The van der Waals surface area contributed by atoms with Gasteiger partial charge in [-0.1, -0.05) is 0 Å². The summed E-state index contributed by atoms with van der Waals surface area (Å²) in [5, 5.41) is 2.85. The summed E-state index contributed by atoms with van der Waals surface area (Å²) in [5.41, 5.74) is 5.16. The lowest BCUT2D eigenvalue weighted by molar-refractivity contribution is -0.121. The molecular formula is C11H15N3O3. The molecule has 0 bridgehead atoms. The van der Waals surface area contributed by atoms with Crippen molar-refractivity contribution in [2.24, 2.45) is 5.73 Å². The molecule has 0 aromatic carbocycles. The Labute approximate surface area is 98.7 Å². The average molecular weight is 237 g/mol. The number of nitrogens with one attached hydrogen (secondary N) is 1. The van der Waals surface area contributed by atoms with Crippen molar-refractivity contribution in [2.45, 2.75) is 18.9 Å². The van der Waals surface area contributed by atoms with Crippen molar-refractivity contribution in [3.05, 3.63) is 24.2 Å². The zero-order chi connectivity index (χ0) is 12.3. The molecule has 3 amide bonds. The molecule has 1 saturated heterocycles. The van der Waals surface area contributed by atoms with Gasteiger partial charge in [0.15, 0.2) is 0 Å². The molecule has 92 valence electrons. The second kappa shape index (κ2) is 4.90. The third-order valence-corrected chi connectivity index (χ3v) is 2.78. The first-order chi connectivity index (χ1) is 8.15. The van der Waals surface area contributed by atoms with E-state index in [0.717, 1.165) is 6.42 Å². The molecule has 1 aliphatic heterocycles. The van der Waals surface area contributed by atoms with E-state index >= 15 is 0 Å². The molecule has 1 aromatic rings. The van der Waals surface area contributed by atoms with E-state index in [4.69, 9.17) is 10.2 Å². The molecule has 1 unspecified atom stereocenters. The first kappa shape index (κ1) is 11.5. The Bertz CT molecular complexity index is 402. The summed E-state index contributed by atoms with van der Waals surface area (Å²) < 4.78 is 5.08. The Hall–Kier alpha value is -1.98. The SMILES string of the molecule is NC(=O)N1CCC(NC(=O)Cc2ccco2)C1. The van der Waals surface area contributed by atoms with Gasteiger partial charge in [0.05, 0.1) is 12.7 Å². The molecule has 1 fully saturated rings. The Morgan fingerprint density at radius 1 is 1.59 bits per heavy atom. The van der Waals surface area contributed by atoms with Crippen LogP contribution in [0.15, 0.2) is 22.8 Å². The summed E-state index contributed by atoms with van der Waals surface area (Å²) in [6.45, 7) is 1.08. The number of furan rings is 1. The lowest BCUT2D eigenvalue weighted by Crippen LogP contribution is -2.40. The van der Waals surface area contributed by atoms with Crippen molar-refractivity contribution < 1.29 is 14.0 Å². The molecule has 3 N–H and O–H groups in total. The number of nitrogens with zero attached hydrogens (tertiary/aromatic N) is 1. The number of hydrogen-bond donors (Lipinski definition) is 2. The number of primary amides is 1. The molecular weight excluding hydrogens is 222 g/mol. The summed E-state index contributed by atoms with van der Waals surface area (Å²) in [6.07, 6.45) is 2.50. The van der Waals surface area contributed by atoms with Gasteiger partial charge in [-0.25, -0.2) is 4.79 Å². The minimum atomic E-state index is -0.437. The fourth-order valence-electron chi connectivity index (χ4n) is 1.93. The van der Waals surface area contributed by atoms with Crippen LogP contribution in [0.3, 0.4) is 0 Å². The van der Waals surface area contributed by atoms with Crippen molar-refractivity contribution >= 4 is 11.9 Å². The average Bonchev–Trinajstić information content (AvgIpc) is 2.88. The van der Waals surface area contributed by atoms with Crippen LogP contribution < -0.4 is 11.1 Å². The molecule has 6 nitrogen and oxygen atoms in total.